The highest BCUT2D eigenvalue weighted by molar-refractivity contribution is 6.22. The summed E-state index contributed by atoms with van der Waals surface area (Å²) in [5.41, 5.74) is 5.66. The third-order valence-corrected chi connectivity index (χ3v) is 7.99. The number of pyridine rings is 1. The maximum atomic E-state index is 5.18. The summed E-state index contributed by atoms with van der Waals surface area (Å²) >= 11 is 0. The van der Waals surface area contributed by atoms with Gasteiger partial charge in [0.15, 0.2) is 0 Å². The van der Waals surface area contributed by atoms with E-state index in [1.165, 1.54) is 43.4 Å². The van der Waals surface area contributed by atoms with Gasteiger partial charge < -0.3 is 0 Å². The second-order valence-electron chi connectivity index (χ2n) is 10.4. The molecule has 0 atom stereocenters. The van der Waals surface area contributed by atoms with E-state index >= 15 is 0 Å². The van der Waals surface area contributed by atoms with E-state index in [4.69, 9.17) is 4.98 Å². The first kappa shape index (κ1) is 23.4. The lowest BCUT2D eigenvalue weighted by atomic mass is 9.89. The van der Waals surface area contributed by atoms with Crippen molar-refractivity contribution < 1.29 is 0 Å². The van der Waals surface area contributed by atoms with Crippen molar-refractivity contribution in [3.8, 4) is 11.1 Å². The van der Waals surface area contributed by atoms with Crippen LogP contribution in [-0.2, 0) is 0 Å². The molecule has 7 aromatic carbocycles. The molecule has 0 aliphatic rings. The highest BCUT2D eigenvalue weighted by Gasteiger charge is 2.22. The lowest BCUT2D eigenvalue weighted by Crippen LogP contribution is -2.13. The van der Waals surface area contributed by atoms with Crippen molar-refractivity contribution in [2.75, 3.05) is 4.90 Å². The van der Waals surface area contributed by atoms with Gasteiger partial charge in [0, 0.05) is 21.8 Å². The van der Waals surface area contributed by atoms with Crippen LogP contribution < -0.4 is 4.90 Å². The van der Waals surface area contributed by atoms with Crippen molar-refractivity contribution in [1.82, 2.24) is 4.98 Å². The standard InChI is InChI=1S/C39H26N2/c1-2-15-31(16-3-1)41(37-25-24-28-13-6-11-21-36(28)40-37)39-34-19-9-7-17-32(34)38(33-18-8-10-20-35(33)39)30-23-22-27-12-4-5-14-29(27)26-30/h1-26H. The summed E-state index contributed by atoms with van der Waals surface area (Å²) in [7, 11) is 0. The van der Waals surface area contributed by atoms with Crippen LogP contribution in [0, 0.1) is 0 Å². The molecule has 8 aromatic rings. The maximum Gasteiger partial charge on any atom is 0.138 e. The molecule has 0 fully saturated rings. The van der Waals surface area contributed by atoms with Gasteiger partial charge >= 0.3 is 0 Å². The first-order valence-corrected chi connectivity index (χ1v) is 14.0. The molecule has 0 radical (unpaired) electrons. The van der Waals surface area contributed by atoms with E-state index in [-0.39, 0.29) is 0 Å². The quantitative estimate of drug-likeness (QED) is 0.214. The monoisotopic (exact) mass is 522 g/mol. The van der Waals surface area contributed by atoms with Crippen LogP contribution in [0.15, 0.2) is 158 Å². The van der Waals surface area contributed by atoms with Gasteiger partial charge in [-0.2, -0.15) is 0 Å². The van der Waals surface area contributed by atoms with E-state index in [0.717, 1.165) is 28.1 Å². The van der Waals surface area contributed by atoms with E-state index in [1.807, 2.05) is 0 Å². The largest absolute Gasteiger partial charge is 0.294 e. The Morgan fingerprint density at radius 1 is 0.415 bits per heavy atom. The molecule has 41 heavy (non-hydrogen) atoms. The predicted octanol–water partition coefficient (Wildman–Crippen LogP) is 10.8. The number of aromatic nitrogens is 1. The molecule has 0 unspecified atom stereocenters. The summed E-state index contributed by atoms with van der Waals surface area (Å²) < 4.78 is 0. The number of nitrogens with zero attached hydrogens (tertiary/aromatic N) is 2. The fraction of sp³-hybridized carbons (Fsp3) is 0. The van der Waals surface area contributed by atoms with Gasteiger partial charge in [-0.25, -0.2) is 4.98 Å². The van der Waals surface area contributed by atoms with E-state index in [9.17, 15) is 0 Å². The lowest BCUT2D eigenvalue weighted by Gasteiger charge is -2.28. The van der Waals surface area contributed by atoms with Crippen LogP contribution >= 0.6 is 0 Å². The Bertz CT molecular complexity index is 2160. The Morgan fingerprint density at radius 2 is 0.976 bits per heavy atom. The number of rotatable bonds is 4. The number of fused-ring (bicyclic) bond motifs is 4. The normalized spacial score (nSPS) is 11.4. The number of hydrogen-bond acceptors (Lipinski definition) is 2. The number of benzene rings is 7. The van der Waals surface area contributed by atoms with Gasteiger partial charge in [-0.15, -0.1) is 0 Å². The number of hydrogen-bond donors (Lipinski definition) is 0. The summed E-state index contributed by atoms with van der Waals surface area (Å²) in [6, 6.07) is 56.2. The molecule has 0 bridgehead atoms. The fourth-order valence-electron chi connectivity index (χ4n) is 6.13. The molecule has 8 rings (SSSR count). The molecule has 1 heterocycles. The summed E-state index contributed by atoms with van der Waals surface area (Å²) in [6.45, 7) is 0. The zero-order valence-corrected chi connectivity index (χ0v) is 22.4. The van der Waals surface area contributed by atoms with Crippen LogP contribution in [0.2, 0.25) is 0 Å². The Kier molecular flexibility index (Phi) is 5.49. The molecule has 1 aromatic heterocycles. The minimum Gasteiger partial charge on any atom is -0.294 e. The Morgan fingerprint density at radius 3 is 1.71 bits per heavy atom. The molecular formula is C39H26N2. The second-order valence-corrected chi connectivity index (χ2v) is 10.4. The smallest absolute Gasteiger partial charge is 0.138 e. The molecule has 0 saturated carbocycles. The van der Waals surface area contributed by atoms with Crippen LogP contribution in [0.3, 0.4) is 0 Å². The first-order chi connectivity index (χ1) is 20.3. The maximum absolute atomic E-state index is 5.18. The van der Waals surface area contributed by atoms with Crippen molar-refractivity contribution in [3.05, 3.63) is 158 Å². The SMILES string of the molecule is c1ccc(N(c2ccc3ccccc3n2)c2c3ccccc3c(-c3ccc4ccccc4c3)c3ccccc23)cc1. The molecule has 0 saturated heterocycles. The summed E-state index contributed by atoms with van der Waals surface area (Å²) in [5.74, 6) is 0.892. The van der Waals surface area contributed by atoms with Crippen LogP contribution in [0.5, 0.6) is 0 Å². The minimum absolute atomic E-state index is 0.892. The Balaban J connectivity index is 1.48. The zero-order chi connectivity index (χ0) is 27.2. The topological polar surface area (TPSA) is 16.1 Å². The predicted molar refractivity (Wildman–Crippen MR) is 174 cm³/mol. The van der Waals surface area contributed by atoms with Gasteiger partial charge in [-0.3, -0.25) is 4.90 Å². The molecule has 2 nitrogen and oxygen atoms in total. The van der Waals surface area contributed by atoms with Gasteiger partial charge in [0.25, 0.3) is 0 Å². The first-order valence-electron chi connectivity index (χ1n) is 14.0. The van der Waals surface area contributed by atoms with E-state index in [2.05, 4.69) is 163 Å². The van der Waals surface area contributed by atoms with Gasteiger partial charge in [-0.1, -0.05) is 121 Å². The second kappa shape index (κ2) is 9.62. The summed E-state index contributed by atoms with van der Waals surface area (Å²) in [5, 5.41) is 8.44. The highest BCUT2D eigenvalue weighted by atomic mass is 15.2. The fourth-order valence-corrected chi connectivity index (χ4v) is 6.13. The van der Waals surface area contributed by atoms with Crippen LogP contribution in [0.25, 0.3) is 54.3 Å². The van der Waals surface area contributed by atoms with Crippen molar-refractivity contribution in [2.24, 2.45) is 0 Å². The molecule has 0 aliphatic carbocycles. The van der Waals surface area contributed by atoms with E-state index in [1.54, 1.807) is 0 Å². The zero-order valence-electron chi connectivity index (χ0n) is 22.4. The van der Waals surface area contributed by atoms with Crippen molar-refractivity contribution in [1.29, 1.82) is 0 Å². The minimum atomic E-state index is 0.892. The van der Waals surface area contributed by atoms with Gasteiger partial charge in [0.05, 0.1) is 11.2 Å². The third kappa shape index (κ3) is 3.92. The molecule has 2 heteroatoms. The van der Waals surface area contributed by atoms with Crippen LogP contribution in [0.4, 0.5) is 17.2 Å². The average Bonchev–Trinajstić information content (AvgIpc) is 3.05. The summed E-state index contributed by atoms with van der Waals surface area (Å²) in [4.78, 5) is 7.50. The molecular weight excluding hydrogens is 496 g/mol. The molecule has 0 N–H and O–H groups in total. The number of anilines is 3. The lowest BCUT2D eigenvalue weighted by molar-refractivity contribution is 1.22. The van der Waals surface area contributed by atoms with Gasteiger partial charge in [-0.05, 0) is 69.1 Å². The highest BCUT2D eigenvalue weighted by Crippen LogP contribution is 2.47. The van der Waals surface area contributed by atoms with E-state index < -0.39 is 0 Å². The van der Waals surface area contributed by atoms with Crippen molar-refractivity contribution >= 4 is 60.4 Å². The van der Waals surface area contributed by atoms with Crippen LogP contribution in [0.1, 0.15) is 0 Å². The Labute approximate surface area is 238 Å². The molecule has 0 aliphatic heterocycles. The molecule has 192 valence electrons. The Hall–Kier alpha value is -5.47. The molecule has 0 amide bonds. The van der Waals surface area contributed by atoms with Crippen molar-refractivity contribution in [3.63, 3.8) is 0 Å². The molecule has 0 spiro atoms. The summed E-state index contributed by atoms with van der Waals surface area (Å²) in [6.07, 6.45) is 0. The average molecular weight is 523 g/mol. The van der Waals surface area contributed by atoms with Gasteiger partial charge in [0.1, 0.15) is 5.82 Å². The van der Waals surface area contributed by atoms with E-state index in [0.29, 0.717) is 0 Å². The number of para-hydroxylation sites is 2. The third-order valence-electron chi connectivity index (χ3n) is 7.99. The van der Waals surface area contributed by atoms with Crippen LogP contribution in [-0.4, -0.2) is 4.98 Å². The van der Waals surface area contributed by atoms with Crippen molar-refractivity contribution in [2.45, 2.75) is 0 Å². The van der Waals surface area contributed by atoms with Gasteiger partial charge in [0.2, 0.25) is 0 Å².